The largest absolute Gasteiger partial charge is 0.310 e. The number of aryl methyl sites for hydroxylation is 8. The Morgan fingerprint density at radius 2 is 0.654 bits per heavy atom. The molecule has 78 heavy (non-hydrogen) atoms. The molecule has 1 aliphatic rings. The average molecular weight is 1010 g/mol. The highest BCUT2D eigenvalue weighted by Crippen LogP contribution is 2.58. The van der Waals surface area contributed by atoms with E-state index >= 15 is 0 Å². The maximum Gasteiger partial charge on any atom is 0.0742 e. The van der Waals surface area contributed by atoms with E-state index in [1.807, 2.05) is 0 Å². The highest BCUT2D eigenvalue weighted by molar-refractivity contribution is 5.91. The van der Waals surface area contributed by atoms with E-state index in [0.29, 0.717) is 0 Å². The Morgan fingerprint density at radius 1 is 0.282 bits per heavy atom. The zero-order valence-corrected chi connectivity index (χ0v) is 46.0. The van der Waals surface area contributed by atoms with Gasteiger partial charge >= 0.3 is 0 Å². The first-order chi connectivity index (χ1) is 38.0. The normalized spacial score (nSPS) is 12.4. The van der Waals surface area contributed by atoms with Crippen molar-refractivity contribution in [2.24, 2.45) is 0 Å². The number of rotatable bonds is 11. The highest BCUT2D eigenvalue weighted by Gasteiger charge is 2.47. The fraction of sp³-hybridized carbons (Fsp3) is 0.120. The zero-order valence-electron chi connectivity index (χ0n) is 46.0. The van der Waals surface area contributed by atoms with E-state index in [1.54, 1.807) is 0 Å². The molecule has 0 aliphatic carbocycles. The topological polar surface area (TPSA) is 9.72 Å². The first-order valence-electron chi connectivity index (χ1n) is 27.3. The quantitative estimate of drug-likeness (QED) is 0.128. The van der Waals surface area contributed by atoms with Crippen LogP contribution in [0.5, 0.6) is 0 Å². The maximum absolute atomic E-state index is 2.47. The zero-order chi connectivity index (χ0) is 53.7. The van der Waals surface area contributed by atoms with Crippen LogP contribution in [0.3, 0.4) is 0 Å². The Labute approximate surface area is 462 Å². The number of fused-ring (bicyclic) bond motifs is 2. The molecule has 11 aromatic carbocycles. The average Bonchev–Trinajstić information content (AvgIpc) is 3.57. The van der Waals surface area contributed by atoms with E-state index in [9.17, 15) is 0 Å². The maximum atomic E-state index is 2.47. The molecule has 380 valence electrons. The molecule has 1 aliphatic heterocycles. The first kappa shape index (κ1) is 49.7. The smallest absolute Gasteiger partial charge is 0.0742 e. The predicted molar refractivity (Wildman–Crippen MR) is 331 cm³/mol. The van der Waals surface area contributed by atoms with E-state index in [-0.39, 0.29) is 0 Å². The summed E-state index contributed by atoms with van der Waals surface area (Å²) in [6.07, 6.45) is 0. The van der Waals surface area contributed by atoms with Gasteiger partial charge in [-0.3, -0.25) is 0 Å². The van der Waals surface area contributed by atoms with E-state index < -0.39 is 5.41 Å². The van der Waals surface area contributed by atoms with Gasteiger partial charge in [0, 0.05) is 39.8 Å². The van der Waals surface area contributed by atoms with Gasteiger partial charge in [0.1, 0.15) is 0 Å². The Bertz CT molecular complexity index is 3760. The van der Waals surface area contributed by atoms with Crippen molar-refractivity contribution in [3.05, 3.63) is 315 Å². The Hall–Kier alpha value is -9.18. The minimum Gasteiger partial charge on any atom is -0.310 e. The lowest BCUT2D eigenvalue weighted by Crippen LogP contribution is -2.38. The Morgan fingerprint density at radius 3 is 1.12 bits per heavy atom. The standard InChI is InChI=1S/C75H65N3/c1-50-23-34-68(35-24-50)78-71-22-16-15-21-69(71)75(70-45-51(2)25-44-72(70)78,62-30-40-66(41-31-62)76(73-48-54(5)52(3)46-56(73)7)64-36-26-60(27-37-64)58-17-11-9-12-18-58)63-32-42-67(43-33-63)77(74-49-55(6)53(4)47-57(74)8)65-38-28-61(29-39-65)59-19-13-10-14-20-59/h9-49H,1-8H3. The van der Waals surface area contributed by atoms with Gasteiger partial charge < -0.3 is 14.7 Å². The lowest BCUT2D eigenvalue weighted by Gasteiger charge is -2.47. The third kappa shape index (κ3) is 8.85. The molecule has 0 saturated heterocycles. The van der Waals surface area contributed by atoms with Crippen LogP contribution in [0.1, 0.15) is 66.8 Å². The van der Waals surface area contributed by atoms with Crippen LogP contribution in [-0.4, -0.2) is 0 Å². The van der Waals surface area contributed by atoms with Gasteiger partial charge in [0.25, 0.3) is 0 Å². The SMILES string of the molecule is Cc1ccc(N2c3ccccc3C(c3ccc(N(c4ccc(-c5ccccc5)cc4)c4cc(C)c(C)cc4C)cc3)(c3ccc(N(c4ccc(-c5ccccc5)cc4)c4cc(C)c(C)cc4C)cc3)c3cc(C)ccc32)cc1. The van der Waals surface area contributed by atoms with Crippen LogP contribution >= 0.6 is 0 Å². The molecular formula is C75H65N3. The number of para-hydroxylation sites is 1. The third-order valence-electron chi connectivity index (χ3n) is 16.3. The van der Waals surface area contributed by atoms with Gasteiger partial charge in [0.15, 0.2) is 0 Å². The minimum absolute atomic E-state index is 0.729. The molecule has 0 bridgehead atoms. The fourth-order valence-corrected chi connectivity index (χ4v) is 12.0. The van der Waals surface area contributed by atoms with E-state index in [4.69, 9.17) is 0 Å². The molecule has 1 heterocycles. The summed E-state index contributed by atoms with van der Waals surface area (Å²) < 4.78 is 0. The summed E-state index contributed by atoms with van der Waals surface area (Å²) in [7, 11) is 0. The summed E-state index contributed by atoms with van der Waals surface area (Å²) in [6, 6.07) is 92.8. The van der Waals surface area contributed by atoms with Crippen LogP contribution in [0.15, 0.2) is 249 Å². The van der Waals surface area contributed by atoms with Crippen LogP contribution in [0.4, 0.5) is 51.2 Å². The van der Waals surface area contributed by atoms with Gasteiger partial charge in [-0.25, -0.2) is 0 Å². The molecule has 0 aromatic heterocycles. The molecule has 0 fully saturated rings. The monoisotopic (exact) mass is 1010 g/mol. The van der Waals surface area contributed by atoms with Crippen molar-refractivity contribution in [2.75, 3.05) is 14.7 Å². The molecular weight excluding hydrogens is 943 g/mol. The number of hydrogen-bond acceptors (Lipinski definition) is 3. The van der Waals surface area contributed by atoms with Crippen molar-refractivity contribution in [3.63, 3.8) is 0 Å². The summed E-state index contributed by atoms with van der Waals surface area (Å²) in [5.74, 6) is 0. The Balaban J connectivity index is 1.06. The lowest BCUT2D eigenvalue weighted by molar-refractivity contribution is 0.730. The number of hydrogen-bond donors (Lipinski definition) is 0. The molecule has 0 spiro atoms. The molecule has 11 aromatic rings. The van der Waals surface area contributed by atoms with Gasteiger partial charge in [-0.2, -0.15) is 0 Å². The second-order valence-electron chi connectivity index (χ2n) is 21.5. The van der Waals surface area contributed by atoms with Gasteiger partial charge in [-0.05, 0) is 218 Å². The predicted octanol–water partition coefficient (Wildman–Crippen LogP) is 20.6. The molecule has 0 atom stereocenters. The van der Waals surface area contributed by atoms with Crippen LogP contribution < -0.4 is 14.7 Å². The highest BCUT2D eigenvalue weighted by atomic mass is 15.2. The van der Waals surface area contributed by atoms with Crippen molar-refractivity contribution >= 4 is 51.2 Å². The van der Waals surface area contributed by atoms with E-state index in [2.05, 4.69) is 319 Å². The lowest BCUT2D eigenvalue weighted by atomic mass is 9.62. The summed E-state index contributed by atoms with van der Waals surface area (Å²) in [4.78, 5) is 7.34. The fourth-order valence-electron chi connectivity index (χ4n) is 12.0. The molecule has 0 unspecified atom stereocenters. The summed E-state index contributed by atoms with van der Waals surface area (Å²) in [5.41, 5.74) is 29.1. The van der Waals surface area contributed by atoms with E-state index in [0.717, 1.165) is 39.8 Å². The van der Waals surface area contributed by atoms with Crippen LogP contribution in [-0.2, 0) is 5.41 Å². The molecule has 3 heteroatoms. The summed E-state index contributed by atoms with van der Waals surface area (Å²) in [6.45, 7) is 17.7. The Kier molecular flexibility index (Phi) is 13.0. The van der Waals surface area contributed by atoms with Crippen molar-refractivity contribution < 1.29 is 0 Å². The molecule has 0 radical (unpaired) electrons. The van der Waals surface area contributed by atoms with Crippen molar-refractivity contribution in [1.82, 2.24) is 0 Å². The number of anilines is 9. The minimum atomic E-state index is -0.729. The van der Waals surface area contributed by atoms with Crippen LogP contribution in [0, 0.1) is 55.4 Å². The molecule has 12 rings (SSSR count). The summed E-state index contributed by atoms with van der Waals surface area (Å²) in [5, 5.41) is 0. The molecule has 3 nitrogen and oxygen atoms in total. The second kappa shape index (κ2) is 20.4. The molecule has 0 saturated carbocycles. The van der Waals surface area contributed by atoms with Gasteiger partial charge in [0.05, 0.1) is 16.8 Å². The number of nitrogens with zero attached hydrogens (tertiary/aromatic N) is 3. The van der Waals surface area contributed by atoms with Crippen LogP contribution in [0.2, 0.25) is 0 Å². The van der Waals surface area contributed by atoms with Crippen molar-refractivity contribution in [3.8, 4) is 22.3 Å². The van der Waals surface area contributed by atoms with Gasteiger partial charge in [-0.1, -0.05) is 175 Å². The number of benzene rings is 11. The van der Waals surface area contributed by atoms with E-state index in [1.165, 1.54) is 100 Å². The van der Waals surface area contributed by atoms with Crippen molar-refractivity contribution in [1.29, 1.82) is 0 Å². The van der Waals surface area contributed by atoms with Gasteiger partial charge in [0.2, 0.25) is 0 Å². The van der Waals surface area contributed by atoms with Crippen LogP contribution in [0.25, 0.3) is 22.3 Å². The first-order valence-corrected chi connectivity index (χ1v) is 27.3. The van der Waals surface area contributed by atoms with Gasteiger partial charge in [-0.15, -0.1) is 0 Å². The molecule has 0 N–H and O–H groups in total. The second-order valence-corrected chi connectivity index (χ2v) is 21.5. The summed E-state index contributed by atoms with van der Waals surface area (Å²) >= 11 is 0. The molecule has 0 amide bonds. The van der Waals surface area contributed by atoms with Crippen molar-refractivity contribution in [2.45, 2.75) is 60.8 Å². The third-order valence-corrected chi connectivity index (χ3v) is 16.3.